The third-order valence-electron chi connectivity index (χ3n) is 5.83. The monoisotopic (exact) mass is 413 g/mol. The zero-order valence-electron chi connectivity index (χ0n) is 17.2. The van der Waals surface area contributed by atoms with Crippen LogP contribution in [0.15, 0.2) is 65.4 Å². The van der Waals surface area contributed by atoms with E-state index in [-0.39, 0.29) is 17.9 Å². The summed E-state index contributed by atoms with van der Waals surface area (Å²) in [5.74, 6) is 0.200. The van der Waals surface area contributed by atoms with Crippen molar-refractivity contribution in [3.63, 3.8) is 0 Å². The minimum atomic E-state index is -0.183. The summed E-state index contributed by atoms with van der Waals surface area (Å²) in [6.07, 6.45) is 0. The van der Waals surface area contributed by atoms with Crippen molar-refractivity contribution in [3.05, 3.63) is 93.4 Å². The van der Waals surface area contributed by atoms with Crippen molar-refractivity contribution in [3.8, 4) is 11.1 Å². The highest BCUT2D eigenvalue weighted by atomic mass is 32.1. The lowest BCUT2D eigenvalue weighted by Crippen LogP contribution is -2.30. The Morgan fingerprint density at radius 1 is 1.03 bits per heavy atom. The molecule has 1 amide bonds. The fourth-order valence-electron chi connectivity index (χ4n) is 4.31. The van der Waals surface area contributed by atoms with Crippen LogP contribution in [0.1, 0.15) is 58.7 Å². The molecule has 30 heavy (non-hydrogen) atoms. The Labute approximate surface area is 180 Å². The van der Waals surface area contributed by atoms with E-state index in [2.05, 4.69) is 72.1 Å². The topological polar surface area (TPSA) is 49.0 Å². The van der Waals surface area contributed by atoms with E-state index >= 15 is 0 Å². The van der Waals surface area contributed by atoms with E-state index in [9.17, 15) is 4.79 Å². The molecule has 1 aliphatic rings. The van der Waals surface area contributed by atoms with Crippen LogP contribution < -0.4 is 4.90 Å². The van der Waals surface area contributed by atoms with Gasteiger partial charge in [-0.3, -0.25) is 14.8 Å². The fraction of sp³-hybridized carbons (Fsp3) is 0.200. The number of benzene rings is 2. The fourth-order valence-corrected chi connectivity index (χ4v) is 4.97. The molecule has 2 aromatic heterocycles. The second-order valence-corrected chi connectivity index (χ2v) is 8.83. The smallest absolute Gasteiger partial charge is 0.277 e. The Morgan fingerprint density at radius 3 is 2.47 bits per heavy atom. The molecule has 1 atom stereocenters. The van der Waals surface area contributed by atoms with Crippen molar-refractivity contribution in [2.45, 2.75) is 32.7 Å². The summed E-state index contributed by atoms with van der Waals surface area (Å²) in [6.45, 7) is 6.34. The molecule has 0 saturated heterocycles. The summed E-state index contributed by atoms with van der Waals surface area (Å²) < 4.78 is 0. The van der Waals surface area contributed by atoms with Crippen LogP contribution >= 0.6 is 11.3 Å². The molecule has 5 heteroatoms. The minimum Gasteiger partial charge on any atom is -0.295 e. The Hall–Kier alpha value is -3.18. The van der Waals surface area contributed by atoms with Crippen molar-refractivity contribution in [2.24, 2.45) is 0 Å². The number of aryl methyl sites for hydroxylation is 1. The molecule has 0 saturated carbocycles. The Kier molecular flexibility index (Phi) is 4.55. The molecule has 4 aromatic rings. The van der Waals surface area contributed by atoms with E-state index in [1.807, 2.05) is 29.2 Å². The number of nitrogens with one attached hydrogen (secondary N) is 1. The number of amides is 1. The Morgan fingerprint density at radius 2 is 1.80 bits per heavy atom. The molecule has 0 aliphatic carbocycles. The number of aromatic amines is 1. The van der Waals surface area contributed by atoms with Crippen LogP contribution in [0, 0.1) is 6.92 Å². The largest absolute Gasteiger partial charge is 0.295 e. The highest BCUT2D eigenvalue weighted by Gasteiger charge is 2.43. The average molecular weight is 414 g/mol. The number of fused-ring (bicyclic) bond motifs is 1. The number of aromatic nitrogens is 2. The highest BCUT2D eigenvalue weighted by Crippen LogP contribution is 2.45. The maximum Gasteiger partial charge on any atom is 0.277 e. The third-order valence-corrected chi connectivity index (χ3v) is 6.51. The van der Waals surface area contributed by atoms with Gasteiger partial charge in [0.15, 0.2) is 0 Å². The summed E-state index contributed by atoms with van der Waals surface area (Å²) in [7, 11) is 0. The number of hydrogen-bond donors (Lipinski definition) is 1. The van der Waals surface area contributed by atoms with Gasteiger partial charge in [-0.15, -0.1) is 0 Å². The molecular weight excluding hydrogens is 390 g/mol. The normalized spacial score (nSPS) is 15.8. The van der Waals surface area contributed by atoms with Crippen molar-refractivity contribution in [1.82, 2.24) is 10.2 Å². The molecule has 150 valence electrons. The molecule has 2 aromatic carbocycles. The van der Waals surface area contributed by atoms with Crippen molar-refractivity contribution >= 4 is 22.9 Å². The lowest BCUT2D eigenvalue weighted by atomic mass is 9.92. The minimum absolute atomic E-state index is 0.0269. The Balaban J connectivity index is 1.65. The first-order chi connectivity index (χ1) is 14.6. The summed E-state index contributed by atoms with van der Waals surface area (Å²) in [5.41, 5.74) is 8.12. The van der Waals surface area contributed by atoms with E-state index < -0.39 is 0 Å². The first-order valence-corrected chi connectivity index (χ1v) is 11.1. The van der Waals surface area contributed by atoms with Gasteiger partial charge in [0.1, 0.15) is 5.69 Å². The van der Waals surface area contributed by atoms with Gasteiger partial charge in [-0.25, -0.2) is 0 Å². The summed E-state index contributed by atoms with van der Waals surface area (Å²) in [5, 5.41) is 11.7. The summed E-state index contributed by atoms with van der Waals surface area (Å²) >= 11 is 1.68. The van der Waals surface area contributed by atoms with Gasteiger partial charge >= 0.3 is 0 Å². The molecule has 0 bridgehead atoms. The van der Waals surface area contributed by atoms with Gasteiger partial charge in [-0.1, -0.05) is 50.2 Å². The number of thiophene rings is 1. The number of hydrogen-bond acceptors (Lipinski definition) is 3. The first-order valence-electron chi connectivity index (χ1n) is 10.2. The lowest BCUT2D eigenvalue weighted by Gasteiger charge is -2.28. The van der Waals surface area contributed by atoms with E-state index in [0.717, 1.165) is 28.1 Å². The average Bonchev–Trinajstić information content (AvgIpc) is 3.47. The quantitative estimate of drug-likeness (QED) is 0.425. The number of carbonyl (C=O) groups is 1. The van der Waals surface area contributed by atoms with Gasteiger partial charge in [0.2, 0.25) is 0 Å². The molecule has 0 radical (unpaired) electrons. The van der Waals surface area contributed by atoms with E-state index in [1.165, 1.54) is 11.1 Å². The molecule has 4 nitrogen and oxygen atoms in total. The molecule has 3 heterocycles. The number of H-pyrrole nitrogens is 1. The predicted molar refractivity (Wildman–Crippen MR) is 122 cm³/mol. The SMILES string of the molecule is Cc1ccccc1C1c2c(C(C)C)n[nH]c2C(=O)N1c1ccc(-c2ccsc2)cc1. The van der Waals surface area contributed by atoms with Crippen LogP contribution in [0.3, 0.4) is 0 Å². The van der Waals surface area contributed by atoms with Crippen molar-refractivity contribution in [2.75, 3.05) is 4.90 Å². The summed E-state index contributed by atoms with van der Waals surface area (Å²) in [6, 6.07) is 18.5. The van der Waals surface area contributed by atoms with Crippen LogP contribution in [0.5, 0.6) is 0 Å². The van der Waals surface area contributed by atoms with Gasteiger partial charge in [0, 0.05) is 11.3 Å². The zero-order chi connectivity index (χ0) is 20.8. The molecular formula is C25H23N3OS. The molecule has 1 N–H and O–H groups in total. The van der Waals surface area contributed by atoms with Crippen LogP contribution in [-0.4, -0.2) is 16.1 Å². The highest BCUT2D eigenvalue weighted by molar-refractivity contribution is 7.08. The van der Waals surface area contributed by atoms with Gasteiger partial charge in [0.25, 0.3) is 5.91 Å². The van der Waals surface area contributed by atoms with E-state index in [0.29, 0.717) is 5.69 Å². The second kappa shape index (κ2) is 7.26. The summed E-state index contributed by atoms with van der Waals surface area (Å²) in [4.78, 5) is 15.4. The number of nitrogens with zero attached hydrogens (tertiary/aromatic N) is 2. The predicted octanol–water partition coefficient (Wildman–Crippen LogP) is 6.32. The maximum absolute atomic E-state index is 13.5. The maximum atomic E-state index is 13.5. The molecule has 0 fully saturated rings. The van der Waals surface area contributed by atoms with E-state index in [4.69, 9.17) is 0 Å². The first kappa shape index (κ1) is 18.8. The molecule has 1 aliphatic heterocycles. The molecule has 1 unspecified atom stereocenters. The number of anilines is 1. The second-order valence-electron chi connectivity index (χ2n) is 8.05. The standard InChI is InChI=1S/C25H23N3OS/c1-15(2)22-21-23(27-26-22)25(29)28(24(21)20-7-5-4-6-16(20)3)19-10-8-17(9-11-19)18-12-13-30-14-18/h4-15,24H,1-3H3,(H,26,27). The van der Waals surface area contributed by atoms with Crippen LogP contribution in [-0.2, 0) is 0 Å². The molecule has 5 rings (SSSR count). The van der Waals surface area contributed by atoms with Gasteiger partial charge < -0.3 is 0 Å². The van der Waals surface area contributed by atoms with Crippen LogP contribution in [0.4, 0.5) is 5.69 Å². The van der Waals surface area contributed by atoms with Crippen LogP contribution in [0.25, 0.3) is 11.1 Å². The van der Waals surface area contributed by atoms with Gasteiger partial charge in [0.05, 0.1) is 11.7 Å². The molecule has 0 spiro atoms. The number of rotatable bonds is 4. The number of carbonyl (C=O) groups excluding carboxylic acids is 1. The van der Waals surface area contributed by atoms with Gasteiger partial charge in [-0.05, 0) is 64.1 Å². The van der Waals surface area contributed by atoms with Crippen molar-refractivity contribution in [1.29, 1.82) is 0 Å². The lowest BCUT2D eigenvalue weighted by molar-refractivity contribution is 0.0988. The van der Waals surface area contributed by atoms with Crippen molar-refractivity contribution < 1.29 is 4.79 Å². The van der Waals surface area contributed by atoms with Gasteiger partial charge in [-0.2, -0.15) is 16.4 Å². The third kappa shape index (κ3) is 2.89. The van der Waals surface area contributed by atoms with E-state index in [1.54, 1.807) is 11.3 Å². The zero-order valence-corrected chi connectivity index (χ0v) is 18.0. The van der Waals surface area contributed by atoms with Crippen LogP contribution in [0.2, 0.25) is 0 Å². The Bertz CT molecular complexity index is 1210.